The predicted octanol–water partition coefficient (Wildman–Crippen LogP) is -0.542. The van der Waals surface area contributed by atoms with Gasteiger partial charge in [0.2, 0.25) is 0 Å². The summed E-state index contributed by atoms with van der Waals surface area (Å²) in [6.45, 7) is -0.0344. The van der Waals surface area contributed by atoms with Gasteiger partial charge < -0.3 is 23.8 Å². The molecule has 3 N–H and O–H groups in total. The maximum absolute atomic E-state index is 11.3. The second kappa shape index (κ2) is 6.92. The Morgan fingerprint density at radius 3 is 2.50 bits per heavy atom. The van der Waals surface area contributed by atoms with E-state index in [9.17, 15) is 20.1 Å². The van der Waals surface area contributed by atoms with Gasteiger partial charge in [-0.3, -0.25) is 0 Å². The molecule has 1 saturated heterocycles. The summed E-state index contributed by atoms with van der Waals surface area (Å²) in [5.41, 5.74) is -0.266. The van der Waals surface area contributed by atoms with Gasteiger partial charge in [-0.2, -0.15) is 0 Å². The van der Waals surface area contributed by atoms with Crippen molar-refractivity contribution in [3.05, 3.63) is 29.8 Å². The van der Waals surface area contributed by atoms with Gasteiger partial charge in [0.05, 0.1) is 12.2 Å². The average molecular weight is 312 g/mol. The first kappa shape index (κ1) is 15.8. The topological polar surface area (TPSA) is 96.2 Å². The van der Waals surface area contributed by atoms with Crippen LogP contribution in [0.5, 0.6) is 0 Å². The lowest BCUT2D eigenvalue weighted by Gasteiger charge is -2.34. The summed E-state index contributed by atoms with van der Waals surface area (Å²) in [7, 11) is 0. The van der Waals surface area contributed by atoms with Crippen LogP contribution in [0.4, 0.5) is 0 Å². The van der Waals surface area contributed by atoms with Gasteiger partial charge in [-0.1, -0.05) is 11.8 Å². The van der Waals surface area contributed by atoms with Crippen LogP contribution in [-0.4, -0.2) is 68.3 Å². The number of aliphatic hydroxyl groups excluding tert-OH is 3. The highest BCUT2D eigenvalue weighted by Crippen LogP contribution is 2.31. The number of ether oxygens (including phenoxy) is 1. The van der Waals surface area contributed by atoms with E-state index in [1.54, 1.807) is 24.3 Å². The SMILES string of the molecule is O=C([O][Al])c1ccc(S[C@@H]2OC[C@@H](O)[C@H](O)[C@H]2O)cc1. The standard InChI is InChI=1S/C12H14O6S.Al/c13-8-5-18-12(10(15)9(8)14)19-7-3-1-6(2-4-7)11(16)17;/h1-4,8-10,12-15H,5H2,(H,16,17);/q;+1/p-1/t8-,9+,10-,12+;/m1./s1. The van der Waals surface area contributed by atoms with E-state index in [0.717, 1.165) is 4.90 Å². The van der Waals surface area contributed by atoms with Crippen LogP contribution >= 0.6 is 11.8 Å². The minimum absolute atomic E-state index is 0.0344. The molecule has 8 heteroatoms. The zero-order valence-electron chi connectivity index (χ0n) is 10.4. The van der Waals surface area contributed by atoms with Gasteiger partial charge in [-0.05, 0) is 24.3 Å². The Morgan fingerprint density at radius 2 is 1.90 bits per heavy atom. The van der Waals surface area contributed by atoms with Crippen LogP contribution in [0.15, 0.2) is 29.2 Å². The van der Waals surface area contributed by atoms with Crippen LogP contribution in [0.3, 0.4) is 0 Å². The highest BCUT2D eigenvalue weighted by atomic mass is 32.2. The number of hydrogen-bond acceptors (Lipinski definition) is 7. The molecule has 106 valence electrons. The molecule has 0 aliphatic carbocycles. The quantitative estimate of drug-likeness (QED) is 0.645. The monoisotopic (exact) mass is 312 g/mol. The number of rotatable bonds is 3. The molecular weight excluding hydrogens is 299 g/mol. The molecular formula is C12H13AlO6S. The number of aliphatic hydroxyl groups is 3. The molecule has 1 fully saturated rings. The highest BCUT2D eigenvalue weighted by Gasteiger charge is 2.37. The smallest absolute Gasteiger partial charge is 0.485 e. The zero-order valence-corrected chi connectivity index (χ0v) is 12.3. The lowest BCUT2D eigenvalue weighted by molar-refractivity contribution is -0.161. The Kier molecular flexibility index (Phi) is 5.46. The van der Waals surface area contributed by atoms with Crippen LogP contribution in [0.2, 0.25) is 0 Å². The summed E-state index contributed by atoms with van der Waals surface area (Å²) < 4.78 is 9.80. The molecule has 1 aromatic carbocycles. The van der Waals surface area contributed by atoms with E-state index >= 15 is 0 Å². The number of carbonyl (C=O) groups is 1. The molecule has 0 spiro atoms. The van der Waals surface area contributed by atoms with Crippen molar-refractivity contribution in [1.29, 1.82) is 0 Å². The molecule has 1 aliphatic heterocycles. The number of thioether (sulfide) groups is 1. The van der Waals surface area contributed by atoms with Crippen molar-refractivity contribution >= 4 is 34.4 Å². The average Bonchev–Trinajstić information content (AvgIpc) is 2.48. The third-order valence-corrected chi connectivity index (χ3v) is 4.31. The van der Waals surface area contributed by atoms with Gasteiger partial charge in [-0.25, -0.2) is 4.79 Å². The molecule has 2 radical (unpaired) electrons. The van der Waals surface area contributed by atoms with Crippen LogP contribution in [0.1, 0.15) is 10.4 Å². The van der Waals surface area contributed by atoms with E-state index in [0.29, 0.717) is 5.56 Å². The molecule has 2 rings (SSSR count). The lowest BCUT2D eigenvalue weighted by Crippen LogP contribution is -2.51. The minimum Gasteiger partial charge on any atom is -0.625 e. The van der Waals surface area contributed by atoms with E-state index in [4.69, 9.17) is 4.74 Å². The van der Waals surface area contributed by atoms with Gasteiger partial charge in [0.15, 0.2) is 0 Å². The normalized spacial score (nSPS) is 29.9. The summed E-state index contributed by atoms with van der Waals surface area (Å²) in [6, 6.07) is 6.56. The molecule has 1 heterocycles. The van der Waals surface area contributed by atoms with Crippen LogP contribution in [0, 0.1) is 0 Å². The minimum atomic E-state index is -1.23. The summed E-state index contributed by atoms with van der Waals surface area (Å²) in [6.07, 6.45) is -3.49. The van der Waals surface area contributed by atoms with Crippen molar-refractivity contribution in [2.45, 2.75) is 28.6 Å². The predicted molar refractivity (Wildman–Crippen MR) is 71.2 cm³/mol. The molecule has 1 aromatic rings. The van der Waals surface area contributed by atoms with Crippen LogP contribution < -0.4 is 0 Å². The van der Waals surface area contributed by atoms with Gasteiger partial charge in [0, 0.05) is 4.90 Å². The van der Waals surface area contributed by atoms with Crippen molar-refractivity contribution < 1.29 is 28.6 Å². The summed E-state index contributed by atoms with van der Waals surface area (Å²) in [5, 5.41) is 28.8. The third kappa shape index (κ3) is 3.54. The molecule has 4 atom stereocenters. The van der Waals surface area contributed by atoms with Crippen molar-refractivity contribution in [1.82, 2.24) is 0 Å². The van der Waals surface area contributed by atoms with Crippen molar-refractivity contribution in [3.8, 4) is 0 Å². The molecule has 1 aliphatic rings. The second-order valence-corrected chi connectivity index (χ2v) is 5.71. The largest absolute Gasteiger partial charge is 0.625 e. The van der Waals surface area contributed by atoms with E-state index < -0.39 is 29.7 Å². The molecule has 20 heavy (non-hydrogen) atoms. The van der Waals surface area contributed by atoms with Gasteiger partial charge in [-0.15, -0.1) is 0 Å². The third-order valence-electron chi connectivity index (χ3n) is 2.90. The van der Waals surface area contributed by atoms with Crippen molar-refractivity contribution in [2.24, 2.45) is 0 Å². The van der Waals surface area contributed by atoms with Gasteiger partial charge in [0.25, 0.3) is 0 Å². The Labute approximate surface area is 128 Å². The van der Waals surface area contributed by atoms with E-state index in [1.165, 1.54) is 11.8 Å². The van der Waals surface area contributed by atoms with Gasteiger partial charge in [0.1, 0.15) is 23.7 Å². The highest BCUT2D eigenvalue weighted by molar-refractivity contribution is 7.99. The maximum Gasteiger partial charge on any atom is 0.485 e. The summed E-state index contributed by atoms with van der Waals surface area (Å²) >= 11 is 3.09. The molecule has 0 bridgehead atoms. The fourth-order valence-corrected chi connectivity index (χ4v) is 2.90. The van der Waals surface area contributed by atoms with E-state index in [2.05, 4.69) is 3.79 Å². The van der Waals surface area contributed by atoms with Crippen LogP contribution in [-0.2, 0) is 8.53 Å². The number of carbonyl (C=O) groups excluding carboxylic acids is 1. The maximum atomic E-state index is 11.3. The Balaban J connectivity index is 2.01. The lowest BCUT2D eigenvalue weighted by atomic mass is 10.1. The second-order valence-electron chi connectivity index (χ2n) is 4.30. The molecule has 0 saturated carbocycles. The Bertz CT molecular complexity index is 468. The first-order valence-corrected chi connectivity index (χ1v) is 7.21. The fourth-order valence-electron chi connectivity index (χ4n) is 1.75. The fraction of sp³-hybridized carbons (Fsp3) is 0.417. The molecule has 6 nitrogen and oxygen atoms in total. The first-order chi connectivity index (χ1) is 9.52. The summed E-state index contributed by atoms with van der Waals surface area (Å²) in [4.78, 5) is 12.0. The molecule has 0 unspecified atom stereocenters. The van der Waals surface area contributed by atoms with Crippen LogP contribution in [0.25, 0.3) is 0 Å². The summed E-state index contributed by atoms with van der Waals surface area (Å²) in [5.74, 6) is -0.459. The molecule has 0 amide bonds. The number of hydrogen-bond donors (Lipinski definition) is 3. The van der Waals surface area contributed by atoms with E-state index in [1.807, 2.05) is 16.6 Å². The Hall–Kier alpha value is -0.588. The van der Waals surface area contributed by atoms with Crippen molar-refractivity contribution in [3.63, 3.8) is 0 Å². The van der Waals surface area contributed by atoms with Crippen molar-refractivity contribution in [2.75, 3.05) is 6.61 Å². The molecule has 0 aromatic heterocycles. The zero-order chi connectivity index (χ0) is 14.7. The first-order valence-electron chi connectivity index (χ1n) is 5.86. The van der Waals surface area contributed by atoms with Gasteiger partial charge >= 0.3 is 22.6 Å². The van der Waals surface area contributed by atoms with E-state index in [-0.39, 0.29) is 6.61 Å². The number of benzene rings is 1. The Morgan fingerprint density at radius 1 is 1.25 bits per heavy atom.